The highest BCUT2D eigenvalue weighted by Gasteiger charge is 2.30. The number of hydrogen-bond donors (Lipinski definition) is 2. The Morgan fingerprint density at radius 3 is 2.48 bits per heavy atom. The summed E-state index contributed by atoms with van der Waals surface area (Å²) < 4.78 is 62.9. The van der Waals surface area contributed by atoms with E-state index in [4.69, 9.17) is 0 Å². The molecule has 6 nitrogen and oxygen atoms in total. The van der Waals surface area contributed by atoms with Crippen molar-refractivity contribution < 1.29 is 26.4 Å². The van der Waals surface area contributed by atoms with Crippen LogP contribution in [-0.4, -0.2) is 51.2 Å². The van der Waals surface area contributed by atoms with Crippen molar-refractivity contribution in [3.8, 4) is 0 Å². The average molecular weight is 379 g/mol. The summed E-state index contributed by atoms with van der Waals surface area (Å²) in [4.78, 5) is 13.8. The number of piperidine rings is 1. The Balaban J connectivity index is 1.84. The number of carbonyl (C=O) groups excluding carboxylic acids is 1. The summed E-state index contributed by atoms with van der Waals surface area (Å²) in [6, 6.07) is 4.31. The minimum atomic E-state index is -4.46. The summed E-state index contributed by atoms with van der Waals surface area (Å²) in [6.45, 7) is 1.11. The van der Waals surface area contributed by atoms with Crippen LogP contribution in [-0.2, 0) is 21.0 Å². The number of carbonyl (C=O) groups is 1. The van der Waals surface area contributed by atoms with Gasteiger partial charge in [-0.25, -0.2) is 13.1 Å². The van der Waals surface area contributed by atoms with Crippen LogP contribution >= 0.6 is 0 Å². The highest BCUT2D eigenvalue weighted by atomic mass is 32.2. The second-order valence-electron chi connectivity index (χ2n) is 6.07. The first-order valence-corrected chi connectivity index (χ1v) is 9.59. The number of halogens is 3. The van der Waals surface area contributed by atoms with Crippen LogP contribution < -0.4 is 10.0 Å². The van der Waals surface area contributed by atoms with Gasteiger partial charge in [0.05, 0.1) is 18.4 Å². The molecule has 1 aromatic carbocycles. The minimum absolute atomic E-state index is 0.0435. The lowest BCUT2D eigenvalue weighted by molar-refractivity contribution is -0.137. The molecule has 2 rings (SSSR count). The predicted molar refractivity (Wildman–Crippen MR) is 87.5 cm³/mol. The van der Waals surface area contributed by atoms with Crippen LogP contribution in [0.4, 0.5) is 18.9 Å². The van der Waals surface area contributed by atoms with Gasteiger partial charge in [0.25, 0.3) is 0 Å². The molecule has 0 bridgehead atoms. The molecule has 1 aromatic rings. The number of hydrogen-bond acceptors (Lipinski definition) is 4. The summed E-state index contributed by atoms with van der Waals surface area (Å²) in [7, 11) is -3.26. The number of amides is 1. The van der Waals surface area contributed by atoms with Crippen molar-refractivity contribution in [2.75, 3.05) is 31.2 Å². The molecule has 0 radical (unpaired) electrons. The number of nitrogens with one attached hydrogen (secondary N) is 2. The van der Waals surface area contributed by atoms with Crippen molar-refractivity contribution in [3.63, 3.8) is 0 Å². The van der Waals surface area contributed by atoms with E-state index in [1.54, 1.807) is 0 Å². The summed E-state index contributed by atoms with van der Waals surface area (Å²) in [5.41, 5.74) is -0.730. The molecule has 0 spiro atoms. The van der Waals surface area contributed by atoms with Gasteiger partial charge in [-0.3, -0.25) is 9.69 Å². The summed E-state index contributed by atoms with van der Waals surface area (Å²) in [6.07, 6.45) is -2.22. The standard InChI is InChI=1S/C15H20F3N3O3S/c1-25(23,24)20-12-5-7-21(8-6-12)10-14(22)19-13-4-2-3-11(9-13)15(16,17)18/h2-4,9,12,20H,5-8,10H2,1H3,(H,19,22). The fraction of sp³-hybridized carbons (Fsp3) is 0.533. The number of rotatable bonds is 5. The van der Waals surface area contributed by atoms with E-state index in [1.807, 2.05) is 4.90 Å². The number of alkyl halides is 3. The molecule has 1 heterocycles. The van der Waals surface area contributed by atoms with Crippen molar-refractivity contribution in [2.24, 2.45) is 0 Å². The zero-order valence-corrected chi connectivity index (χ0v) is 14.5. The molecular weight excluding hydrogens is 359 g/mol. The topological polar surface area (TPSA) is 78.5 Å². The number of nitrogens with zero attached hydrogens (tertiary/aromatic N) is 1. The van der Waals surface area contributed by atoms with Gasteiger partial charge >= 0.3 is 6.18 Å². The first-order chi connectivity index (χ1) is 11.5. The van der Waals surface area contributed by atoms with E-state index in [9.17, 15) is 26.4 Å². The van der Waals surface area contributed by atoms with Gasteiger partial charge in [-0.1, -0.05) is 6.07 Å². The quantitative estimate of drug-likeness (QED) is 0.816. The first-order valence-electron chi connectivity index (χ1n) is 7.70. The van der Waals surface area contributed by atoms with Gasteiger partial charge in [0.1, 0.15) is 0 Å². The molecule has 1 fully saturated rings. The smallest absolute Gasteiger partial charge is 0.325 e. The molecule has 10 heteroatoms. The number of sulfonamides is 1. The second-order valence-corrected chi connectivity index (χ2v) is 7.85. The SMILES string of the molecule is CS(=O)(=O)NC1CCN(CC(=O)Nc2cccc(C(F)(F)F)c2)CC1. The van der Waals surface area contributed by atoms with E-state index in [-0.39, 0.29) is 18.3 Å². The molecule has 2 N–H and O–H groups in total. The van der Waals surface area contributed by atoms with Gasteiger partial charge in [-0.05, 0) is 31.0 Å². The van der Waals surface area contributed by atoms with Crippen LogP contribution in [0.3, 0.4) is 0 Å². The fourth-order valence-electron chi connectivity index (χ4n) is 2.69. The third kappa shape index (κ3) is 6.63. The van der Waals surface area contributed by atoms with E-state index in [2.05, 4.69) is 10.0 Å². The van der Waals surface area contributed by atoms with Crippen LogP contribution in [0, 0.1) is 0 Å². The Morgan fingerprint density at radius 1 is 1.28 bits per heavy atom. The number of anilines is 1. The van der Waals surface area contributed by atoms with E-state index < -0.39 is 27.7 Å². The third-order valence-electron chi connectivity index (χ3n) is 3.81. The van der Waals surface area contributed by atoms with Gasteiger partial charge in [-0.2, -0.15) is 13.2 Å². The van der Waals surface area contributed by atoms with Gasteiger partial charge in [0.15, 0.2) is 0 Å². The lowest BCUT2D eigenvalue weighted by Gasteiger charge is -2.31. The Labute approximate surface area is 144 Å². The van der Waals surface area contributed by atoms with Crippen LogP contribution in [0.15, 0.2) is 24.3 Å². The molecule has 0 unspecified atom stereocenters. The van der Waals surface area contributed by atoms with Gasteiger partial charge < -0.3 is 5.32 Å². The highest BCUT2D eigenvalue weighted by molar-refractivity contribution is 7.88. The lowest BCUT2D eigenvalue weighted by atomic mass is 10.1. The Bertz CT molecular complexity index is 714. The van der Waals surface area contributed by atoms with E-state index in [0.29, 0.717) is 25.9 Å². The van der Waals surface area contributed by atoms with Crippen molar-refractivity contribution in [1.82, 2.24) is 9.62 Å². The molecule has 25 heavy (non-hydrogen) atoms. The second kappa shape index (κ2) is 7.71. The third-order valence-corrected chi connectivity index (χ3v) is 4.57. The number of likely N-dealkylation sites (tertiary alicyclic amines) is 1. The summed E-state index contributed by atoms with van der Waals surface area (Å²) in [5, 5.41) is 2.46. The summed E-state index contributed by atoms with van der Waals surface area (Å²) >= 11 is 0. The highest BCUT2D eigenvalue weighted by Crippen LogP contribution is 2.30. The van der Waals surface area contributed by atoms with Crippen molar-refractivity contribution in [3.05, 3.63) is 29.8 Å². The first kappa shape index (κ1) is 19.7. The Kier molecular flexibility index (Phi) is 6.07. The van der Waals surface area contributed by atoms with Crippen LogP contribution in [0.2, 0.25) is 0 Å². The number of benzene rings is 1. The van der Waals surface area contributed by atoms with Crippen LogP contribution in [0.25, 0.3) is 0 Å². The zero-order valence-electron chi connectivity index (χ0n) is 13.6. The largest absolute Gasteiger partial charge is 0.416 e. The average Bonchev–Trinajstić information content (AvgIpc) is 2.47. The molecule has 0 aromatic heterocycles. The maximum atomic E-state index is 12.7. The van der Waals surface area contributed by atoms with Crippen molar-refractivity contribution in [1.29, 1.82) is 0 Å². The molecule has 0 saturated carbocycles. The maximum absolute atomic E-state index is 12.7. The molecular formula is C15H20F3N3O3S. The van der Waals surface area contributed by atoms with Crippen molar-refractivity contribution >= 4 is 21.6 Å². The molecule has 0 atom stereocenters. The van der Waals surface area contributed by atoms with E-state index >= 15 is 0 Å². The van der Waals surface area contributed by atoms with E-state index in [0.717, 1.165) is 18.4 Å². The Morgan fingerprint density at radius 2 is 1.92 bits per heavy atom. The molecule has 140 valence electrons. The zero-order chi connectivity index (χ0) is 18.7. The lowest BCUT2D eigenvalue weighted by Crippen LogP contribution is -2.46. The monoisotopic (exact) mass is 379 g/mol. The van der Waals surface area contributed by atoms with Gasteiger partial charge in [-0.15, -0.1) is 0 Å². The minimum Gasteiger partial charge on any atom is -0.325 e. The molecule has 1 aliphatic rings. The molecule has 1 amide bonds. The van der Waals surface area contributed by atoms with Gasteiger partial charge in [0.2, 0.25) is 15.9 Å². The normalized spacial score (nSPS) is 17.4. The molecule has 0 aliphatic carbocycles. The van der Waals surface area contributed by atoms with Crippen LogP contribution in [0.5, 0.6) is 0 Å². The van der Waals surface area contributed by atoms with Crippen molar-refractivity contribution in [2.45, 2.75) is 25.1 Å². The van der Waals surface area contributed by atoms with Gasteiger partial charge in [0, 0.05) is 24.8 Å². The summed E-state index contributed by atoms with van der Waals surface area (Å²) in [5.74, 6) is -0.408. The maximum Gasteiger partial charge on any atom is 0.416 e. The Hall–Kier alpha value is -1.65. The fourth-order valence-corrected chi connectivity index (χ4v) is 3.53. The van der Waals surface area contributed by atoms with E-state index in [1.165, 1.54) is 12.1 Å². The van der Waals surface area contributed by atoms with Crippen LogP contribution in [0.1, 0.15) is 18.4 Å². The molecule has 1 saturated heterocycles. The molecule has 1 aliphatic heterocycles. The predicted octanol–water partition coefficient (Wildman–Crippen LogP) is 1.66.